The van der Waals surface area contributed by atoms with E-state index in [9.17, 15) is 10.1 Å². The van der Waals surface area contributed by atoms with E-state index in [2.05, 4.69) is 16.3 Å². The van der Waals surface area contributed by atoms with Crippen LogP contribution in [0.4, 0.5) is 0 Å². The molecule has 6 aromatic rings. The van der Waals surface area contributed by atoms with Gasteiger partial charge in [0.2, 0.25) is 5.78 Å². The van der Waals surface area contributed by atoms with Gasteiger partial charge in [0.05, 0.1) is 34.8 Å². The number of methoxy groups -OCH3 is 1. The van der Waals surface area contributed by atoms with Gasteiger partial charge in [-0.1, -0.05) is 30.0 Å². The molecule has 0 radical (unpaired) electrons. The van der Waals surface area contributed by atoms with Crippen LogP contribution in [0.3, 0.4) is 0 Å². The summed E-state index contributed by atoms with van der Waals surface area (Å²) in [5, 5.41) is 19.8. The highest BCUT2D eigenvalue weighted by Crippen LogP contribution is 2.29. The number of nitrogens with zero attached hydrogens (tertiary/aromatic N) is 6. The Morgan fingerprint density at radius 2 is 1.77 bits per heavy atom. The van der Waals surface area contributed by atoms with E-state index in [0.29, 0.717) is 39.1 Å². The van der Waals surface area contributed by atoms with Crippen molar-refractivity contribution in [1.82, 2.24) is 23.6 Å². The number of pyridine rings is 1. The van der Waals surface area contributed by atoms with Crippen molar-refractivity contribution in [3.63, 3.8) is 0 Å². The highest BCUT2D eigenvalue weighted by Gasteiger charge is 2.19. The number of rotatable bonds is 5. The minimum Gasteiger partial charge on any atom is -0.497 e. The van der Waals surface area contributed by atoms with Crippen LogP contribution in [0, 0.1) is 11.3 Å². The molecule has 6 rings (SSSR count). The fourth-order valence-electron chi connectivity index (χ4n) is 4.29. The van der Waals surface area contributed by atoms with Crippen molar-refractivity contribution >= 4 is 34.0 Å². The van der Waals surface area contributed by atoms with Crippen LogP contribution in [0.15, 0.2) is 89.1 Å². The van der Waals surface area contributed by atoms with Gasteiger partial charge in [-0.25, -0.2) is 4.57 Å². The first-order valence-electron chi connectivity index (χ1n) is 10.8. The van der Waals surface area contributed by atoms with Gasteiger partial charge >= 0.3 is 0 Å². The second kappa shape index (κ2) is 8.34. The second-order valence-electron chi connectivity index (χ2n) is 7.90. The summed E-state index contributed by atoms with van der Waals surface area (Å²) in [5.74, 6) is 1.65. The van der Waals surface area contributed by atoms with Crippen molar-refractivity contribution in [2.45, 2.75) is 10.9 Å². The number of fused-ring (bicyclic) bond motifs is 4. The van der Waals surface area contributed by atoms with Crippen molar-refractivity contribution in [2.24, 2.45) is 0 Å². The van der Waals surface area contributed by atoms with Gasteiger partial charge in [0.15, 0.2) is 5.16 Å². The number of ether oxygens (including phenoxy) is 1. The molecule has 2 aromatic carbocycles. The third-order valence-corrected chi connectivity index (χ3v) is 6.93. The topological polar surface area (TPSA) is 89.6 Å². The molecule has 4 heterocycles. The minimum atomic E-state index is -0.173. The molecule has 0 N–H and O–H groups in total. The Morgan fingerprint density at radius 1 is 1.00 bits per heavy atom. The summed E-state index contributed by atoms with van der Waals surface area (Å²) in [5.41, 5.74) is 3.65. The zero-order valence-electron chi connectivity index (χ0n) is 18.6. The summed E-state index contributed by atoms with van der Waals surface area (Å²) in [4.78, 5) is 13.5. The maximum absolute atomic E-state index is 13.5. The van der Waals surface area contributed by atoms with E-state index in [-0.39, 0.29) is 5.56 Å². The third kappa shape index (κ3) is 3.34. The molecule has 0 fully saturated rings. The van der Waals surface area contributed by atoms with Crippen LogP contribution in [0.1, 0.15) is 11.1 Å². The molecule has 0 atom stereocenters. The number of hydrogen-bond donors (Lipinski definition) is 0. The molecule has 0 saturated carbocycles. The lowest BCUT2D eigenvalue weighted by Crippen LogP contribution is -2.21. The van der Waals surface area contributed by atoms with Crippen molar-refractivity contribution < 1.29 is 4.74 Å². The van der Waals surface area contributed by atoms with E-state index in [0.717, 1.165) is 16.6 Å². The maximum atomic E-state index is 13.5. The Kier molecular flexibility index (Phi) is 5.01. The van der Waals surface area contributed by atoms with E-state index < -0.39 is 0 Å². The summed E-state index contributed by atoms with van der Waals surface area (Å²) in [6.07, 6.45) is 3.90. The van der Waals surface area contributed by atoms with Gasteiger partial charge in [-0.05, 0) is 54.1 Å². The van der Waals surface area contributed by atoms with Crippen LogP contribution in [0.25, 0.3) is 27.9 Å². The molecule has 4 aromatic heterocycles. The predicted octanol–water partition coefficient (Wildman–Crippen LogP) is 4.46. The first-order chi connectivity index (χ1) is 17.2. The quantitative estimate of drug-likeness (QED) is 0.340. The van der Waals surface area contributed by atoms with Crippen molar-refractivity contribution in [3.05, 3.63) is 101 Å². The van der Waals surface area contributed by atoms with Crippen LogP contribution < -0.4 is 10.3 Å². The van der Waals surface area contributed by atoms with Crippen LogP contribution >= 0.6 is 11.8 Å². The monoisotopic (exact) mass is 478 g/mol. The number of benzene rings is 2. The summed E-state index contributed by atoms with van der Waals surface area (Å²) >= 11 is 1.47. The van der Waals surface area contributed by atoms with Gasteiger partial charge in [0.25, 0.3) is 5.56 Å². The van der Waals surface area contributed by atoms with Crippen molar-refractivity contribution in [3.8, 4) is 17.5 Å². The third-order valence-electron chi connectivity index (χ3n) is 5.96. The smallest absolute Gasteiger partial charge is 0.267 e. The van der Waals surface area contributed by atoms with Crippen molar-refractivity contribution in [2.75, 3.05) is 7.11 Å². The molecular formula is C26H18N6O2S. The molecular weight excluding hydrogens is 460 g/mol. The van der Waals surface area contributed by atoms with Crippen LogP contribution in [-0.2, 0) is 5.75 Å². The van der Waals surface area contributed by atoms with Gasteiger partial charge in [-0.2, -0.15) is 5.26 Å². The van der Waals surface area contributed by atoms with Gasteiger partial charge in [0, 0.05) is 18.1 Å². The second-order valence-corrected chi connectivity index (χ2v) is 8.84. The Morgan fingerprint density at radius 3 is 2.57 bits per heavy atom. The fraction of sp³-hybridized carbons (Fsp3) is 0.0769. The van der Waals surface area contributed by atoms with Gasteiger partial charge in [-0.3, -0.25) is 9.20 Å². The molecule has 0 unspecified atom stereocenters. The largest absolute Gasteiger partial charge is 0.497 e. The molecule has 0 amide bonds. The summed E-state index contributed by atoms with van der Waals surface area (Å²) in [6, 6.07) is 22.8. The van der Waals surface area contributed by atoms with E-state index in [1.54, 1.807) is 29.9 Å². The van der Waals surface area contributed by atoms with Crippen molar-refractivity contribution in [1.29, 1.82) is 5.26 Å². The highest BCUT2D eigenvalue weighted by molar-refractivity contribution is 7.98. The van der Waals surface area contributed by atoms with Gasteiger partial charge in [-0.15, -0.1) is 10.2 Å². The average molecular weight is 479 g/mol. The molecule has 0 aliphatic heterocycles. The summed E-state index contributed by atoms with van der Waals surface area (Å²) in [6.45, 7) is 0. The molecule has 0 aliphatic rings. The predicted molar refractivity (Wildman–Crippen MR) is 134 cm³/mol. The lowest BCUT2D eigenvalue weighted by Gasteiger charge is -2.11. The normalized spacial score (nSPS) is 11.3. The highest BCUT2D eigenvalue weighted by atomic mass is 32.2. The Balaban J connectivity index is 1.50. The first-order valence-corrected chi connectivity index (χ1v) is 11.8. The maximum Gasteiger partial charge on any atom is 0.267 e. The average Bonchev–Trinajstić information content (AvgIpc) is 3.49. The Labute approximate surface area is 203 Å². The molecule has 170 valence electrons. The van der Waals surface area contributed by atoms with E-state index in [1.165, 1.54) is 11.8 Å². The Bertz CT molecular complexity index is 1830. The number of aromatic nitrogens is 5. The molecule has 9 heteroatoms. The summed E-state index contributed by atoms with van der Waals surface area (Å²) < 4.78 is 10.7. The molecule has 0 saturated heterocycles. The number of nitriles is 1. The fourth-order valence-corrected chi connectivity index (χ4v) is 5.21. The molecule has 35 heavy (non-hydrogen) atoms. The van der Waals surface area contributed by atoms with Crippen LogP contribution in [0.5, 0.6) is 5.75 Å². The van der Waals surface area contributed by atoms with Crippen LogP contribution in [0.2, 0.25) is 0 Å². The molecule has 0 bridgehead atoms. The summed E-state index contributed by atoms with van der Waals surface area (Å²) in [7, 11) is 1.60. The van der Waals surface area contributed by atoms with Gasteiger partial charge < -0.3 is 9.14 Å². The molecule has 0 spiro atoms. The van der Waals surface area contributed by atoms with E-state index in [4.69, 9.17) is 4.74 Å². The van der Waals surface area contributed by atoms with Gasteiger partial charge in [0.1, 0.15) is 11.8 Å². The standard InChI is InChI=1S/C26H18N6O2S/c1-34-19-11-9-18(10-12-19)31-24(33)20-6-2-3-8-23(20)32-25(31)28-29-26(32)35-16-17-15-30-13-5-4-7-22(30)21(17)14-27/h2-13,15H,16H2,1H3. The SMILES string of the molecule is COc1ccc(-n2c(=O)c3ccccc3n3c(SCc4cn5ccccc5c4C#N)nnc23)cc1. The lowest BCUT2D eigenvalue weighted by molar-refractivity contribution is 0.414. The molecule has 0 aliphatic carbocycles. The lowest BCUT2D eigenvalue weighted by atomic mass is 10.2. The zero-order valence-corrected chi connectivity index (χ0v) is 19.4. The molecule has 8 nitrogen and oxygen atoms in total. The Hall–Kier alpha value is -4.55. The minimum absolute atomic E-state index is 0.173. The number of thioether (sulfide) groups is 1. The number of hydrogen-bond acceptors (Lipinski definition) is 6. The zero-order chi connectivity index (χ0) is 23.9. The number of para-hydroxylation sites is 1. The van der Waals surface area contributed by atoms with Crippen LogP contribution in [-0.4, -0.2) is 30.7 Å². The first kappa shape index (κ1) is 21.0. The van der Waals surface area contributed by atoms with E-state index in [1.807, 2.05) is 69.7 Å². The van der Waals surface area contributed by atoms with E-state index >= 15 is 0 Å².